The summed E-state index contributed by atoms with van der Waals surface area (Å²) in [7, 11) is 2.40. The summed E-state index contributed by atoms with van der Waals surface area (Å²) in [4.78, 5) is 0. The molecular weight excluding hydrogens is 258 g/mol. The topological polar surface area (TPSA) is 20.2 Å². The maximum Gasteiger partial charge on any atom is 0.0806 e. The summed E-state index contributed by atoms with van der Waals surface area (Å²) in [6.07, 6.45) is 16.1. The van der Waals surface area contributed by atoms with Crippen LogP contribution < -0.4 is 0 Å². The van der Waals surface area contributed by atoms with Crippen molar-refractivity contribution in [2.45, 2.75) is 90.9 Å². The van der Waals surface area contributed by atoms with Gasteiger partial charge >= 0.3 is 0 Å². The highest BCUT2D eigenvalue weighted by Crippen LogP contribution is 2.14. The molecule has 0 bridgehead atoms. The molecule has 2 nitrogen and oxygen atoms in total. The molecule has 0 radical (unpaired) electrons. The molecule has 0 aromatic heterocycles. The molecule has 1 atom stereocenters. The summed E-state index contributed by atoms with van der Waals surface area (Å²) in [6, 6.07) is 0. The van der Waals surface area contributed by atoms with Crippen LogP contribution in [0.1, 0.15) is 90.9 Å². The van der Waals surface area contributed by atoms with Gasteiger partial charge in [-0.1, -0.05) is 58.8 Å². The molecule has 0 spiro atoms. The highest BCUT2D eigenvalue weighted by atomic mass is 16.3. The molecule has 0 saturated carbocycles. The summed E-state index contributed by atoms with van der Waals surface area (Å²) < 4.78 is 1.18. The van der Waals surface area contributed by atoms with Crippen molar-refractivity contribution in [3.05, 3.63) is 0 Å². The monoisotopic (exact) mass is 300 g/mol. The van der Waals surface area contributed by atoms with Crippen LogP contribution in [0.15, 0.2) is 0 Å². The summed E-state index contributed by atoms with van der Waals surface area (Å²) >= 11 is 0. The first-order chi connectivity index (χ1) is 10.2. The molecule has 0 fully saturated rings. The minimum atomic E-state index is 0.347. The molecule has 21 heavy (non-hydrogen) atoms. The van der Waals surface area contributed by atoms with Crippen molar-refractivity contribution in [2.24, 2.45) is 0 Å². The van der Waals surface area contributed by atoms with Crippen molar-refractivity contribution in [3.8, 4) is 0 Å². The third-order valence-electron chi connectivity index (χ3n) is 4.71. The van der Waals surface area contributed by atoms with Crippen molar-refractivity contribution < 1.29 is 9.59 Å². The van der Waals surface area contributed by atoms with Crippen LogP contribution in [0.4, 0.5) is 0 Å². The number of hydrogen-bond donors (Lipinski definition) is 1. The number of aliphatic hydroxyl groups is 1. The molecular formula is C19H42NO+. The van der Waals surface area contributed by atoms with Crippen molar-refractivity contribution in [1.82, 2.24) is 0 Å². The molecule has 128 valence electrons. The van der Waals surface area contributed by atoms with E-state index in [1.54, 1.807) is 0 Å². The number of rotatable bonds is 16. The highest BCUT2D eigenvalue weighted by molar-refractivity contribution is 4.49. The van der Waals surface area contributed by atoms with Crippen molar-refractivity contribution in [2.75, 3.05) is 33.3 Å². The van der Waals surface area contributed by atoms with Gasteiger partial charge in [0.25, 0.3) is 0 Å². The second kappa shape index (κ2) is 14.8. The van der Waals surface area contributed by atoms with Crippen LogP contribution in [0.2, 0.25) is 0 Å². The van der Waals surface area contributed by atoms with Gasteiger partial charge in [-0.05, 0) is 25.7 Å². The Balaban J connectivity index is 3.86. The fraction of sp³-hybridized carbons (Fsp3) is 1.00. The van der Waals surface area contributed by atoms with Crippen molar-refractivity contribution in [3.63, 3.8) is 0 Å². The molecule has 0 aromatic carbocycles. The van der Waals surface area contributed by atoms with E-state index in [0.717, 1.165) is 13.0 Å². The van der Waals surface area contributed by atoms with Gasteiger partial charge in [0.1, 0.15) is 0 Å². The lowest BCUT2D eigenvalue weighted by Gasteiger charge is -2.35. The molecule has 1 N–H and O–H groups in total. The fourth-order valence-electron chi connectivity index (χ4n) is 3.16. The molecule has 0 rings (SSSR count). The van der Waals surface area contributed by atoms with E-state index in [2.05, 4.69) is 20.9 Å². The van der Waals surface area contributed by atoms with E-state index >= 15 is 0 Å². The van der Waals surface area contributed by atoms with E-state index in [-0.39, 0.29) is 0 Å². The zero-order valence-corrected chi connectivity index (χ0v) is 15.2. The van der Waals surface area contributed by atoms with Crippen LogP contribution in [0.25, 0.3) is 0 Å². The lowest BCUT2D eigenvalue weighted by molar-refractivity contribution is -0.910. The molecule has 0 heterocycles. The van der Waals surface area contributed by atoms with Crippen LogP contribution >= 0.6 is 0 Å². The van der Waals surface area contributed by atoms with Crippen molar-refractivity contribution >= 4 is 0 Å². The average Bonchev–Trinajstić information content (AvgIpc) is 2.49. The van der Waals surface area contributed by atoms with Crippen molar-refractivity contribution in [1.29, 1.82) is 0 Å². The third-order valence-corrected chi connectivity index (χ3v) is 4.71. The Morgan fingerprint density at radius 3 is 1.38 bits per heavy atom. The van der Waals surface area contributed by atoms with Crippen LogP contribution in [0.3, 0.4) is 0 Å². The Morgan fingerprint density at radius 1 is 0.571 bits per heavy atom. The first-order valence-electron chi connectivity index (χ1n) is 9.63. The van der Waals surface area contributed by atoms with E-state index in [0.29, 0.717) is 6.61 Å². The lowest BCUT2D eigenvalue weighted by Crippen LogP contribution is -2.46. The van der Waals surface area contributed by atoms with Crippen LogP contribution in [0, 0.1) is 0 Å². The predicted octanol–water partition coefficient (Wildman–Crippen LogP) is 5.15. The number of unbranched alkanes of at least 4 members (excludes halogenated alkanes) is 9. The van der Waals surface area contributed by atoms with Gasteiger partial charge in [0.2, 0.25) is 0 Å². The smallest absolute Gasteiger partial charge is 0.0806 e. The number of quaternary nitrogens is 1. The van der Waals surface area contributed by atoms with E-state index in [1.165, 1.54) is 88.2 Å². The largest absolute Gasteiger partial charge is 0.396 e. The Labute approximate surface area is 134 Å². The van der Waals surface area contributed by atoms with Gasteiger partial charge in [0.05, 0.1) is 26.7 Å². The maximum absolute atomic E-state index is 9.13. The van der Waals surface area contributed by atoms with Gasteiger partial charge in [-0.2, -0.15) is 0 Å². The SMILES string of the molecule is CCCCCCCC[N+](C)(CCCO)CCCCCCC. The first-order valence-corrected chi connectivity index (χ1v) is 9.63. The summed E-state index contributed by atoms with van der Waals surface area (Å²) in [5.41, 5.74) is 0. The average molecular weight is 301 g/mol. The first kappa shape index (κ1) is 20.9. The Morgan fingerprint density at radius 2 is 0.952 bits per heavy atom. The van der Waals surface area contributed by atoms with E-state index in [1.807, 2.05) is 0 Å². The van der Waals surface area contributed by atoms with Gasteiger partial charge in [0, 0.05) is 13.0 Å². The molecule has 0 amide bonds. The molecule has 0 saturated heterocycles. The molecule has 0 aliphatic carbocycles. The molecule has 0 aliphatic rings. The van der Waals surface area contributed by atoms with Crippen LogP contribution in [0.5, 0.6) is 0 Å². The summed E-state index contributed by atoms with van der Waals surface area (Å²) in [6.45, 7) is 8.67. The molecule has 2 heteroatoms. The van der Waals surface area contributed by atoms with Gasteiger partial charge < -0.3 is 9.59 Å². The minimum Gasteiger partial charge on any atom is -0.396 e. The maximum atomic E-state index is 9.13. The normalized spacial score (nSPS) is 14.3. The Kier molecular flexibility index (Phi) is 14.8. The van der Waals surface area contributed by atoms with Gasteiger partial charge in [-0.15, -0.1) is 0 Å². The quantitative estimate of drug-likeness (QED) is 0.309. The molecule has 0 aromatic rings. The third kappa shape index (κ3) is 13.3. The Bertz CT molecular complexity index is 208. The van der Waals surface area contributed by atoms with E-state index < -0.39 is 0 Å². The van der Waals surface area contributed by atoms with Crippen LogP contribution in [-0.4, -0.2) is 42.9 Å². The number of aliphatic hydroxyl groups excluding tert-OH is 1. The Hall–Kier alpha value is -0.0800. The second-order valence-electron chi connectivity index (χ2n) is 7.05. The predicted molar refractivity (Wildman–Crippen MR) is 94.6 cm³/mol. The van der Waals surface area contributed by atoms with E-state index in [4.69, 9.17) is 5.11 Å². The summed E-state index contributed by atoms with van der Waals surface area (Å²) in [5.74, 6) is 0. The highest BCUT2D eigenvalue weighted by Gasteiger charge is 2.19. The van der Waals surface area contributed by atoms with Crippen LogP contribution in [-0.2, 0) is 0 Å². The minimum absolute atomic E-state index is 0.347. The van der Waals surface area contributed by atoms with Gasteiger partial charge in [-0.25, -0.2) is 0 Å². The van der Waals surface area contributed by atoms with Gasteiger partial charge in [-0.3, -0.25) is 0 Å². The lowest BCUT2D eigenvalue weighted by atomic mass is 10.1. The standard InChI is InChI=1S/C19H42NO/c1-4-6-8-10-12-14-17-20(3,18-15-19-21)16-13-11-9-7-5-2/h21H,4-19H2,1-3H3/q+1. The fourth-order valence-corrected chi connectivity index (χ4v) is 3.16. The number of hydrogen-bond acceptors (Lipinski definition) is 1. The zero-order valence-electron chi connectivity index (χ0n) is 15.2. The zero-order chi connectivity index (χ0) is 15.8. The summed E-state index contributed by atoms with van der Waals surface area (Å²) in [5, 5.41) is 9.13. The van der Waals surface area contributed by atoms with Gasteiger partial charge in [0.15, 0.2) is 0 Å². The van der Waals surface area contributed by atoms with E-state index in [9.17, 15) is 0 Å². The molecule has 1 unspecified atom stereocenters. The molecule has 0 aliphatic heterocycles. The number of nitrogens with zero attached hydrogens (tertiary/aromatic N) is 1. The second-order valence-corrected chi connectivity index (χ2v) is 7.05.